The number of aromatic amines is 1. The maximum absolute atomic E-state index is 4.18. The van der Waals surface area contributed by atoms with Gasteiger partial charge in [0.1, 0.15) is 0 Å². The van der Waals surface area contributed by atoms with Crippen molar-refractivity contribution in [3.63, 3.8) is 0 Å². The second kappa shape index (κ2) is 5.46. The van der Waals surface area contributed by atoms with Crippen LogP contribution in [-0.4, -0.2) is 39.0 Å². The Bertz CT molecular complexity index is 695. The summed E-state index contributed by atoms with van der Waals surface area (Å²) in [5.41, 5.74) is 3.52. The van der Waals surface area contributed by atoms with Crippen molar-refractivity contribution in [2.45, 2.75) is 19.5 Å². The normalized spacial score (nSPS) is 11.6. The smallest absolute Gasteiger partial charge is 0.0966 e. The minimum Gasteiger partial charge on any atom is -0.361 e. The molecule has 0 amide bonds. The van der Waals surface area contributed by atoms with Crippen molar-refractivity contribution in [2.75, 3.05) is 14.1 Å². The van der Waals surface area contributed by atoms with Gasteiger partial charge in [0, 0.05) is 36.4 Å². The SMILES string of the molecule is CN(C)Cc1cn(CCc2c[nH]c3ccccc23)nn1. The maximum Gasteiger partial charge on any atom is 0.0966 e. The molecule has 2 aromatic heterocycles. The van der Waals surface area contributed by atoms with Gasteiger partial charge in [0.05, 0.1) is 5.69 Å². The van der Waals surface area contributed by atoms with E-state index in [-0.39, 0.29) is 0 Å². The van der Waals surface area contributed by atoms with Crippen molar-refractivity contribution in [2.24, 2.45) is 0 Å². The number of hydrogen-bond acceptors (Lipinski definition) is 3. The molecule has 0 aliphatic carbocycles. The van der Waals surface area contributed by atoms with Crippen molar-refractivity contribution < 1.29 is 0 Å². The van der Waals surface area contributed by atoms with Crippen LogP contribution in [0.4, 0.5) is 0 Å². The Morgan fingerprint density at radius 2 is 2.10 bits per heavy atom. The molecule has 0 saturated heterocycles. The predicted molar refractivity (Wildman–Crippen MR) is 79.4 cm³/mol. The largest absolute Gasteiger partial charge is 0.361 e. The third-order valence-electron chi connectivity index (χ3n) is 3.35. The molecule has 0 saturated carbocycles. The van der Waals surface area contributed by atoms with Crippen LogP contribution in [0.15, 0.2) is 36.7 Å². The highest BCUT2D eigenvalue weighted by Crippen LogP contribution is 2.18. The number of para-hydroxylation sites is 1. The number of aromatic nitrogens is 4. The van der Waals surface area contributed by atoms with Crippen molar-refractivity contribution in [1.82, 2.24) is 24.9 Å². The van der Waals surface area contributed by atoms with Crippen LogP contribution in [0.25, 0.3) is 10.9 Å². The number of nitrogens with one attached hydrogen (secondary N) is 1. The molecule has 5 heteroatoms. The first kappa shape index (κ1) is 12.9. The minimum absolute atomic E-state index is 0.826. The summed E-state index contributed by atoms with van der Waals surface area (Å²) in [5, 5.41) is 9.65. The van der Waals surface area contributed by atoms with Gasteiger partial charge in [-0.2, -0.15) is 0 Å². The number of nitrogens with zero attached hydrogens (tertiary/aromatic N) is 4. The van der Waals surface area contributed by atoms with Crippen LogP contribution < -0.4 is 0 Å². The van der Waals surface area contributed by atoms with Gasteiger partial charge in [-0.15, -0.1) is 5.10 Å². The summed E-state index contributed by atoms with van der Waals surface area (Å²) >= 11 is 0. The van der Waals surface area contributed by atoms with Gasteiger partial charge in [-0.25, -0.2) is 0 Å². The molecule has 1 aromatic carbocycles. The van der Waals surface area contributed by atoms with Gasteiger partial charge in [-0.1, -0.05) is 23.4 Å². The molecule has 0 radical (unpaired) electrons. The summed E-state index contributed by atoms with van der Waals surface area (Å²) in [6, 6.07) is 8.38. The molecule has 3 aromatic rings. The lowest BCUT2D eigenvalue weighted by Crippen LogP contribution is -2.10. The Morgan fingerprint density at radius 3 is 2.95 bits per heavy atom. The fourth-order valence-electron chi connectivity index (χ4n) is 2.42. The highest BCUT2D eigenvalue weighted by atomic mass is 15.4. The molecule has 0 fully saturated rings. The van der Waals surface area contributed by atoms with Gasteiger partial charge >= 0.3 is 0 Å². The number of rotatable bonds is 5. The van der Waals surface area contributed by atoms with E-state index in [1.54, 1.807) is 0 Å². The first-order valence-electron chi connectivity index (χ1n) is 6.81. The molecule has 0 bridgehead atoms. The lowest BCUT2D eigenvalue weighted by atomic mass is 10.1. The Morgan fingerprint density at radius 1 is 1.25 bits per heavy atom. The van der Waals surface area contributed by atoms with E-state index in [0.29, 0.717) is 0 Å². The Balaban J connectivity index is 1.68. The molecular formula is C15H19N5. The van der Waals surface area contributed by atoms with Crippen molar-refractivity contribution in [3.05, 3.63) is 47.9 Å². The number of hydrogen-bond donors (Lipinski definition) is 1. The number of H-pyrrole nitrogens is 1. The van der Waals surface area contributed by atoms with E-state index in [1.165, 1.54) is 16.5 Å². The molecule has 1 N–H and O–H groups in total. The molecule has 0 aliphatic heterocycles. The van der Waals surface area contributed by atoms with Crippen LogP contribution in [0.2, 0.25) is 0 Å². The lowest BCUT2D eigenvalue weighted by molar-refractivity contribution is 0.396. The Labute approximate surface area is 118 Å². The topological polar surface area (TPSA) is 49.7 Å². The van der Waals surface area contributed by atoms with Crippen molar-refractivity contribution in [3.8, 4) is 0 Å². The van der Waals surface area contributed by atoms with Gasteiger partial charge in [-0.05, 0) is 32.1 Å². The van der Waals surface area contributed by atoms with Crippen molar-refractivity contribution in [1.29, 1.82) is 0 Å². The predicted octanol–water partition coefficient (Wildman–Crippen LogP) is 2.06. The van der Waals surface area contributed by atoms with E-state index in [1.807, 2.05) is 31.0 Å². The zero-order valence-corrected chi connectivity index (χ0v) is 11.9. The van der Waals surface area contributed by atoms with E-state index < -0.39 is 0 Å². The molecular weight excluding hydrogens is 250 g/mol. The highest BCUT2D eigenvalue weighted by Gasteiger charge is 2.05. The molecule has 0 unspecified atom stereocenters. The second-order valence-corrected chi connectivity index (χ2v) is 5.32. The number of fused-ring (bicyclic) bond motifs is 1. The second-order valence-electron chi connectivity index (χ2n) is 5.32. The summed E-state index contributed by atoms with van der Waals surface area (Å²) in [7, 11) is 4.07. The van der Waals surface area contributed by atoms with E-state index in [0.717, 1.165) is 25.2 Å². The zero-order valence-electron chi connectivity index (χ0n) is 11.9. The van der Waals surface area contributed by atoms with Crippen molar-refractivity contribution >= 4 is 10.9 Å². The highest BCUT2D eigenvalue weighted by molar-refractivity contribution is 5.82. The average molecular weight is 269 g/mol. The maximum atomic E-state index is 4.18. The van der Waals surface area contributed by atoms with Gasteiger partial charge in [0.15, 0.2) is 0 Å². The van der Waals surface area contributed by atoms with Crippen LogP contribution in [0, 0.1) is 0 Å². The van der Waals surface area contributed by atoms with Gasteiger partial charge < -0.3 is 9.88 Å². The monoisotopic (exact) mass is 269 g/mol. The standard InChI is InChI=1S/C15H19N5/c1-19(2)10-13-11-20(18-17-13)8-7-12-9-16-15-6-4-3-5-14(12)15/h3-6,9,11,16H,7-8,10H2,1-2H3. The van der Waals surface area contributed by atoms with Gasteiger partial charge in [-0.3, -0.25) is 4.68 Å². The Hall–Kier alpha value is -2.14. The van der Waals surface area contributed by atoms with Gasteiger partial charge in [0.2, 0.25) is 0 Å². The third-order valence-corrected chi connectivity index (χ3v) is 3.35. The number of aryl methyl sites for hydroxylation is 2. The zero-order chi connectivity index (χ0) is 13.9. The van der Waals surface area contributed by atoms with E-state index >= 15 is 0 Å². The number of benzene rings is 1. The van der Waals surface area contributed by atoms with Crippen LogP contribution >= 0.6 is 0 Å². The quantitative estimate of drug-likeness (QED) is 0.771. The summed E-state index contributed by atoms with van der Waals surface area (Å²) < 4.78 is 1.92. The van der Waals surface area contributed by atoms with E-state index in [2.05, 4.69) is 44.6 Å². The Kier molecular flexibility index (Phi) is 3.52. The molecule has 104 valence electrons. The average Bonchev–Trinajstić information content (AvgIpc) is 3.02. The lowest BCUT2D eigenvalue weighted by Gasteiger charge is -2.04. The third kappa shape index (κ3) is 2.72. The molecule has 0 atom stereocenters. The molecule has 0 aliphatic rings. The molecule has 20 heavy (non-hydrogen) atoms. The van der Waals surface area contributed by atoms with Gasteiger partial charge in [0.25, 0.3) is 0 Å². The van der Waals surface area contributed by atoms with Crippen LogP contribution in [-0.2, 0) is 19.5 Å². The van der Waals surface area contributed by atoms with Crippen LogP contribution in [0.3, 0.4) is 0 Å². The molecule has 5 nitrogen and oxygen atoms in total. The summed E-state index contributed by atoms with van der Waals surface area (Å²) in [6.45, 7) is 1.68. The van der Waals surface area contributed by atoms with Crippen LogP contribution in [0.1, 0.15) is 11.3 Å². The van der Waals surface area contributed by atoms with Crippen LogP contribution in [0.5, 0.6) is 0 Å². The minimum atomic E-state index is 0.826. The summed E-state index contributed by atoms with van der Waals surface area (Å²) in [6.07, 6.45) is 5.06. The molecule has 3 rings (SSSR count). The van der Waals surface area contributed by atoms with E-state index in [9.17, 15) is 0 Å². The first-order valence-corrected chi connectivity index (χ1v) is 6.81. The fourth-order valence-corrected chi connectivity index (χ4v) is 2.42. The molecule has 2 heterocycles. The summed E-state index contributed by atoms with van der Waals surface area (Å²) in [5.74, 6) is 0. The fraction of sp³-hybridized carbons (Fsp3) is 0.333. The van der Waals surface area contributed by atoms with E-state index in [4.69, 9.17) is 0 Å². The molecule has 0 spiro atoms. The summed E-state index contributed by atoms with van der Waals surface area (Å²) in [4.78, 5) is 5.40. The first-order chi connectivity index (χ1) is 9.72.